The third kappa shape index (κ3) is 3.34. The summed E-state index contributed by atoms with van der Waals surface area (Å²) >= 11 is 5.30. The fourth-order valence-corrected chi connectivity index (χ4v) is 3.14. The summed E-state index contributed by atoms with van der Waals surface area (Å²) in [6, 6.07) is 9.30. The highest BCUT2D eigenvalue weighted by Crippen LogP contribution is 2.13. The van der Waals surface area contributed by atoms with Crippen LogP contribution in [0.2, 0.25) is 0 Å². The Bertz CT molecular complexity index is 743. The van der Waals surface area contributed by atoms with Crippen molar-refractivity contribution < 1.29 is 19.5 Å². The number of aliphatic hydroxyl groups excluding tert-OH is 1. The van der Waals surface area contributed by atoms with Crippen LogP contribution in [0.4, 0.5) is 0 Å². The monoisotopic (exact) mass is 335 g/mol. The lowest BCUT2D eigenvalue weighted by Gasteiger charge is -2.19. The van der Waals surface area contributed by atoms with E-state index in [1.165, 1.54) is 7.11 Å². The van der Waals surface area contributed by atoms with E-state index in [9.17, 15) is 9.90 Å². The van der Waals surface area contributed by atoms with Crippen LogP contribution in [0.1, 0.15) is 6.42 Å². The smallest absolute Gasteiger partial charge is 0.364 e. The van der Waals surface area contributed by atoms with Gasteiger partial charge < -0.3 is 14.7 Å². The van der Waals surface area contributed by atoms with Crippen molar-refractivity contribution in [1.82, 2.24) is 14.8 Å². The van der Waals surface area contributed by atoms with E-state index in [2.05, 4.69) is 10.1 Å². The van der Waals surface area contributed by atoms with Gasteiger partial charge in [-0.05, 0) is 12.2 Å². The number of nitrogens with zero attached hydrogens (tertiary/aromatic N) is 2. The predicted molar refractivity (Wildman–Crippen MR) is 85.1 cm³/mol. The molecule has 2 heterocycles. The second-order valence-corrected chi connectivity index (χ2v) is 6.00. The number of rotatable bonds is 4. The molecule has 3 atom stereocenters. The molecule has 0 spiro atoms. The van der Waals surface area contributed by atoms with Crippen molar-refractivity contribution in [2.75, 3.05) is 13.7 Å². The second kappa shape index (κ2) is 6.61. The first-order valence-electron chi connectivity index (χ1n) is 7.41. The summed E-state index contributed by atoms with van der Waals surface area (Å²) in [5.41, 5.74) is 0.943. The number of hydrogen-bond acceptors (Lipinski definition) is 5. The van der Waals surface area contributed by atoms with E-state index in [0.29, 0.717) is 30.2 Å². The van der Waals surface area contributed by atoms with Gasteiger partial charge in [-0.2, -0.15) is 4.98 Å². The molecule has 1 saturated heterocycles. The molecule has 0 radical (unpaired) electrons. The number of aromatic amines is 1. The molecule has 1 unspecified atom stereocenters. The van der Waals surface area contributed by atoms with Gasteiger partial charge in [0.25, 0.3) is 0 Å². The Kier molecular flexibility index (Phi) is 4.56. The van der Waals surface area contributed by atoms with Crippen LogP contribution in [0.25, 0.3) is 11.4 Å². The fraction of sp³-hybridized carbons (Fsp3) is 0.400. The molecular weight excluding hydrogens is 316 g/mol. The molecule has 1 aliphatic rings. The van der Waals surface area contributed by atoms with Crippen molar-refractivity contribution in [2.24, 2.45) is 0 Å². The number of likely N-dealkylation sites (tertiary alicyclic amines) is 1. The molecule has 3 rings (SSSR count). The Morgan fingerprint density at radius 1 is 1.52 bits per heavy atom. The van der Waals surface area contributed by atoms with Crippen molar-refractivity contribution >= 4 is 18.2 Å². The van der Waals surface area contributed by atoms with Gasteiger partial charge in [0.2, 0.25) is 4.77 Å². The van der Waals surface area contributed by atoms with Gasteiger partial charge in [0.1, 0.15) is 12.6 Å². The summed E-state index contributed by atoms with van der Waals surface area (Å²) < 4.78 is 6.96. The molecule has 0 aliphatic carbocycles. The van der Waals surface area contributed by atoms with Crippen LogP contribution in [0.5, 0.6) is 0 Å². The molecule has 0 saturated carbocycles. The van der Waals surface area contributed by atoms with Crippen molar-refractivity contribution in [3.63, 3.8) is 0 Å². The number of aliphatic hydroxyl groups is 1. The predicted octanol–water partition coefficient (Wildman–Crippen LogP) is -0.244. The zero-order chi connectivity index (χ0) is 16.4. The number of methoxy groups -OCH3 is 1. The SMILES string of the molecule is COC(=O)[C@@H]1C[C@@H](O)C[NH+]1Cn1[nH]c(-c2ccccc2)nc1=S. The normalized spacial score (nSPS) is 23.8. The van der Waals surface area contributed by atoms with Crippen molar-refractivity contribution in [1.29, 1.82) is 0 Å². The fourth-order valence-electron chi connectivity index (χ4n) is 2.94. The minimum absolute atomic E-state index is 0.314. The Hall–Kier alpha value is -2.03. The maximum absolute atomic E-state index is 11.9. The first-order valence-corrected chi connectivity index (χ1v) is 7.82. The Balaban J connectivity index is 1.82. The van der Waals surface area contributed by atoms with Crippen molar-refractivity contribution in [3.05, 3.63) is 35.1 Å². The van der Waals surface area contributed by atoms with Crippen LogP contribution in [0.15, 0.2) is 30.3 Å². The number of H-pyrrole nitrogens is 1. The van der Waals surface area contributed by atoms with Gasteiger partial charge in [-0.15, -0.1) is 0 Å². The summed E-state index contributed by atoms with van der Waals surface area (Å²) in [6.45, 7) is 0.900. The summed E-state index contributed by atoms with van der Waals surface area (Å²) in [5.74, 6) is 0.371. The lowest BCUT2D eigenvalue weighted by Crippen LogP contribution is -3.14. The highest BCUT2D eigenvalue weighted by atomic mass is 32.1. The zero-order valence-electron chi connectivity index (χ0n) is 12.7. The molecule has 0 amide bonds. The first kappa shape index (κ1) is 15.9. The maximum atomic E-state index is 11.9. The summed E-state index contributed by atoms with van der Waals surface area (Å²) in [7, 11) is 1.36. The quantitative estimate of drug-likeness (QED) is 0.530. The van der Waals surface area contributed by atoms with Crippen LogP contribution in [0, 0.1) is 4.77 Å². The van der Waals surface area contributed by atoms with Gasteiger partial charge in [-0.1, -0.05) is 30.3 Å². The molecular formula is C15H19N4O3S+. The van der Waals surface area contributed by atoms with Crippen molar-refractivity contribution in [2.45, 2.75) is 25.2 Å². The summed E-state index contributed by atoms with van der Waals surface area (Å²) in [6.07, 6.45) is -0.116. The summed E-state index contributed by atoms with van der Waals surface area (Å²) in [4.78, 5) is 17.1. The largest absolute Gasteiger partial charge is 0.465 e. The molecule has 23 heavy (non-hydrogen) atoms. The molecule has 122 valence electrons. The van der Waals surface area contributed by atoms with E-state index in [1.54, 1.807) is 4.68 Å². The lowest BCUT2D eigenvalue weighted by atomic mass is 10.2. The van der Waals surface area contributed by atoms with Gasteiger partial charge in [0, 0.05) is 12.0 Å². The van der Waals surface area contributed by atoms with Crippen LogP contribution >= 0.6 is 12.2 Å². The highest BCUT2D eigenvalue weighted by Gasteiger charge is 2.41. The van der Waals surface area contributed by atoms with Crippen LogP contribution in [-0.4, -0.2) is 51.6 Å². The van der Waals surface area contributed by atoms with Gasteiger partial charge in [0.05, 0.1) is 7.11 Å². The minimum Gasteiger partial charge on any atom is -0.465 e. The molecule has 1 aromatic heterocycles. The molecule has 8 heteroatoms. The lowest BCUT2D eigenvalue weighted by molar-refractivity contribution is -0.928. The Morgan fingerprint density at radius 3 is 2.96 bits per heavy atom. The van der Waals surface area contributed by atoms with Gasteiger partial charge in [-0.25, -0.2) is 9.48 Å². The second-order valence-electron chi connectivity index (χ2n) is 5.63. The number of carbonyl (C=O) groups is 1. The standard InChI is InChI=1S/C15H18N4O3S/c1-22-14(21)12-7-11(20)8-18(12)9-19-15(23)16-13(17-19)10-5-3-2-4-6-10/h2-6,11-12,20H,7-9H2,1H3,(H,16,17,23)/p+1/t11-,12+/m1/s1. The van der Waals surface area contributed by atoms with E-state index < -0.39 is 6.10 Å². The van der Waals surface area contributed by atoms with E-state index in [0.717, 1.165) is 10.5 Å². The molecule has 0 bridgehead atoms. The molecule has 7 nitrogen and oxygen atoms in total. The van der Waals surface area contributed by atoms with E-state index in [-0.39, 0.29) is 12.0 Å². The topological polar surface area (TPSA) is 84.6 Å². The van der Waals surface area contributed by atoms with Gasteiger partial charge in [-0.3, -0.25) is 5.10 Å². The highest BCUT2D eigenvalue weighted by molar-refractivity contribution is 7.71. The maximum Gasteiger partial charge on any atom is 0.364 e. The minimum atomic E-state index is -0.514. The van der Waals surface area contributed by atoms with E-state index >= 15 is 0 Å². The summed E-state index contributed by atoms with van der Waals surface area (Å²) in [5, 5.41) is 13.0. The number of quaternary nitrogens is 1. The van der Waals surface area contributed by atoms with E-state index in [1.807, 2.05) is 30.3 Å². The van der Waals surface area contributed by atoms with Crippen LogP contribution in [-0.2, 0) is 16.2 Å². The number of aromatic nitrogens is 3. The van der Waals surface area contributed by atoms with Gasteiger partial charge in [0.15, 0.2) is 18.5 Å². The van der Waals surface area contributed by atoms with E-state index in [4.69, 9.17) is 17.0 Å². The number of esters is 1. The number of ether oxygens (including phenoxy) is 1. The van der Waals surface area contributed by atoms with Crippen LogP contribution < -0.4 is 4.90 Å². The number of benzene rings is 1. The molecule has 1 aliphatic heterocycles. The zero-order valence-corrected chi connectivity index (χ0v) is 13.5. The molecule has 2 aromatic rings. The number of carbonyl (C=O) groups excluding carboxylic acids is 1. The molecule has 1 fully saturated rings. The molecule has 3 N–H and O–H groups in total. The average Bonchev–Trinajstić information content (AvgIpc) is 3.11. The number of hydrogen-bond donors (Lipinski definition) is 3. The molecule has 1 aromatic carbocycles. The third-order valence-corrected chi connectivity index (χ3v) is 4.38. The third-order valence-electron chi connectivity index (χ3n) is 4.07. The first-order chi connectivity index (χ1) is 11.1. The van der Waals surface area contributed by atoms with Crippen molar-refractivity contribution in [3.8, 4) is 11.4 Å². The average molecular weight is 335 g/mol. The van der Waals surface area contributed by atoms with Crippen LogP contribution in [0.3, 0.4) is 0 Å². The number of nitrogens with one attached hydrogen (secondary N) is 2. The Labute approximate surface area is 138 Å². The van der Waals surface area contributed by atoms with Gasteiger partial charge >= 0.3 is 5.97 Å². The Morgan fingerprint density at radius 2 is 2.26 bits per heavy atom.